The summed E-state index contributed by atoms with van der Waals surface area (Å²) >= 11 is 1.47. The summed E-state index contributed by atoms with van der Waals surface area (Å²) in [5.74, 6) is -1.28. The highest BCUT2D eigenvalue weighted by Crippen LogP contribution is 2.14. The number of hydrogen-bond donors (Lipinski definition) is 2. The van der Waals surface area contributed by atoms with Crippen LogP contribution in [0.2, 0.25) is 0 Å². The molecule has 19 heavy (non-hydrogen) atoms. The van der Waals surface area contributed by atoms with E-state index in [1.807, 2.05) is 6.92 Å². The first-order valence-electron chi connectivity index (χ1n) is 6.03. The number of hydrogen-bond acceptors (Lipinski definition) is 5. The molecule has 2 N–H and O–H groups in total. The van der Waals surface area contributed by atoms with Gasteiger partial charge in [0, 0.05) is 6.20 Å². The number of nitrogens with zero attached hydrogens (tertiary/aromatic N) is 1. The molecular formula is C12H18N2O4S. The molecule has 1 atom stereocenters. The van der Waals surface area contributed by atoms with Gasteiger partial charge in [0.05, 0.1) is 9.88 Å². The number of carboxylic acids is 1. The fourth-order valence-electron chi connectivity index (χ4n) is 1.40. The minimum Gasteiger partial charge on any atom is -0.480 e. The second kappa shape index (κ2) is 7.08. The van der Waals surface area contributed by atoms with Crippen LogP contribution in [0.15, 0.2) is 6.20 Å². The van der Waals surface area contributed by atoms with Crippen molar-refractivity contribution in [1.29, 1.82) is 0 Å². The molecule has 0 fully saturated rings. The molecule has 0 saturated heterocycles. The molecule has 0 radical (unpaired) electrons. The van der Waals surface area contributed by atoms with Gasteiger partial charge in [-0.25, -0.2) is 14.6 Å². The summed E-state index contributed by atoms with van der Waals surface area (Å²) in [7, 11) is 0. The first-order valence-corrected chi connectivity index (χ1v) is 6.85. The van der Waals surface area contributed by atoms with Crippen molar-refractivity contribution in [2.24, 2.45) is 5.92 Å². The number of thiazole rings is 1. The number of nitrogens with one attached hydrogen (secondary N) is 1. The number of carbonyl (C=O) groups is 2. The standard InChI is InChI=1S/C12H18N2O4S/c1-4-9-13-5-8(19-9)6-18-12(17)14-10(7(2)3)11(15)16/h5,7,10H,4,6H2,1-3H3,(H,14,17)(H,15,16)/t10-/m0/s1. The van der Waals surface area contributed by atoms with E-state index in [2.05, 4.69) is 10.3 Å². The van der Waals surface area contributed by atoms with Crippen LogP contribution in [0.25, 0.3) is 0 Å². The summed E-state index contributed by atoms with van der Waals surface area (Å²) in [6.45, 7) is 5.54. The Morgan fingerprint density at radius 2 is 2.21 bits per heavy atom. The van der Waals surface area contributed by atoms with E-state index in [4.69, 9.17) is 9.84 Å². The highest BCUT2D eigenvalue weighted by molar-refractivity contribution is 7.11. The van der Waals surface area contributed by atoms with Gasteiger partial charge in [0.25, 0.3) is 0 Å². The van der Waals surface area contributed by atoms with E-state index in [1.165, 1.54) is 11.3 Å². The Morgan fingerprint density at radius 1 is 1.53 bits per heavy atom. The Bertz CT molecular complexity index is 445. The molecule has 1 heterocycles. The van der Waals surface area contributed by atoms with Gasteiger partial charge in [-0.15, -0.1) is 11.3 Å². The summed E-state index contributed by atoms with van der Waals surface area (Å²) < 4.78 is 4.97. The summed E-state index contributed by atoms with van der Waals surface area (Å²) in [5, 5.41) is 12.2. The van der Waals surface area contributed by atoms with Crippen molar-refractivity contribution in [3.63, 3.8) is 0 Å². The largest absolute Gasteiger partial charge is 0.480 e. The van der Waals surface area contributed by atoms with Crippen LogP contribution >= 0.6 is 11.3 Å². The SMILES string of the molecule is CCc1ncc(COC(=O)N[C@H](C(=O)O)C(C)C)s1. The Labute approximate surface area is 115 Å². The number of alkyl carbamates (subject to hydrolysis) is 1. The minimum absolute atomic E-state index is 0.105. The second-order valence-electron chi connectivity index (χ2n) is 4.35. The molecule has 0 unspecified atom stereocenters. The number of amides is 1. The predicted molar refractivity (Wildman–Crippen MR) is 71.1 cm³/mol. The molecule has 0 spiro atoms. The van der Waals surface area contributed by atoms with Gasteiger partial charge >= 0.3 is 12.1 Å². The van der Waals surface area contributed by atoms with Gasteiger partial charge < -0.3 is 15.2 Å². The van der Waals surface area contributed by atoms with E-state index in [0.717, 1.165) is 16.3 Å². The third-order valence-corrected chi connectivity index (χ3v) is 3.57. The van der Waals surface area contributed by atoms with Crippen molar-refractivity contribution in [2.45, 2.75) is 39.8 Å². The van der Waals surface area contributed by atoms with Crippen molar-refractivity contribution < 1.29 is 19.4 Å². The number of carbonyl (C=O) groups excluding carboxylic acids is 1. The monoisotopic (exact) mass is 286 g/mol. The number of aromatic nitrogens is 1. The lowest BCUT2D eigenvalue weighted by atomic mass is 10.1. The Balaban J connectivity index is 2.44. The van der Waals surface area contributed by atoms with Gasteiger partial charge in [0.2, 0.25) is 0 Å². The van der Waals surface area contributed by atoms with Crippen LogP contribution in [0, 0.1) is 5.92 Å². The number of carboxylic acid groups (broad SMARTS) is 1. The van der Waals surface area contributed by atoms with Crippen molar-refractivity contribution >= 4 is 23.4 Å². The maximum atomic E-state index is 11.5. The molecule has 0 aliphatic rings. The topological polar surface area (TPSA) is 88.5 Å². The van der Waals surface area contributed by atoms with Gasteiger partial charge in [-0.05, 0) is 12.3 Å². The molecule has 7 heteroatoms. The smallest absolute Gasteiger partial charge is 0.408 e. The van der Waals surface area contributed by atoms with Crippen LogP contribution in [0.3, 0.4) is 0 Å². The second-order valence-corrected chi connectivity index (χ2v) is 5.55. The number of ether oxygens (including phenoxy) is 1. The van der Waals surface area contributed by atoms with Gasteiger partial charge in [0.15, 0.2) is 0 Å². The van der Waals surface area contributed by atoms with Crippen LogP contribution in [-0.4, -0.2) is 28.2 Å². The Kier molecular flexibility index (Phi) is 5.75. The summed E-state index contributed by atoms with van der Waals surface area (Å²) in [4.78, 5) is 27.4. The fourth-order valence-corrected chi connectivity index (χ4v) is 2.17. The molecule has 1 aromatic rings. The molecule has 6 nitrogen and oxygen atoms in total. The molecule has 0 aliphatic carbocycles. The summed E-state index contributed by atoms with van der Waals surface area (Å²) in [6.07, 6.45) is 1.77. The molecule has 0 bridgehead atoms. The van der Waals surface area contributed by atoms with Crippen LogP contribution in [0.1, 0.15) is 30.7 Å². The molecule has 0 saturated carbocycles. The highest BCUT2D eigenvalue weighted by atomic mass is 32.1. The summed E-state index contributed by atoms with van der Waals surface area (Å²) in [5.41, 5.74) is 0. The number of aliphatic carboxylic acids is 1. The van der Waals surface area contributed by atoms with Crippen molar-refractivity contribution in [1.82, 2.24) is 10.3 Å². The Hall–Kier alpha value is -1.63. The van der Waals surface area contributed by atoms with Gasteiger partial charge in [-0.1, -0.05) is 20.8 Å². The fraction of sp³-hybridized carbons (Fsp3) is 0.583. The van der Waals surface area contributed by atoms with E-state index >= 15 is 0 Å². The lowest BCUT2D eigenvalue weighted by Crippen LogP contribution is -2.44. The van der Waals surface area contributed by atoms with Gasteiger partial charge in [-0.3, -0.25) is 0 Å². The van der Waals surface area contributed by atoms with Crippen LogP contribution in [0.4, 0.5) is 4.79 Å². The zero-order valence-electron chi connectivity index (χ0n) is 11.2. The minimum atomic E-state index is -1.07. The third-order valence-electron chi connectivity index (χ3n) is 2.46. The van der Waals surface area contributed by atoms with E-state index in [-0.39, 0.29) is 12.5 Å². The Morgan fingerprint density at radius 3 is 2.68 bits per heavy atom. The third kappa shape index (κ3) is 4.86. The molecule has 106 valence electrons. The lowest BCUT2D eigenvalue weighted by Gasteiger charge is -2.17. The first kappa shape index (κ1) is 15.4. The molecule has 1 aromatic heterocycles. The zero-order valence-corrected chi connectivity index (χ0v) is 12.0. The van der Waals surface area contributed by atoms with E-state index in [1.54, 1.807) is 20.0 Å². The van der Waals surface area contributed by atoms with Gasteiger partial charge in [-0.2, -0.15) is 0 Å². The van der Waals surface area contributed by atoms with Gasteiger partial charge in [0.1, 0.15) is 12.6 Å². The first-order chi connectivity index (χ1) is 8.93. The van der Waals surface area contributed by atoms with Crippen LogP contribution in [-0.2, 0) is 22.6 Å². The average molecular weight is 286 g/mol. The molecule has 1 amide bonds. The molecule has 1 rings (SSSR count). The normalized spacial score (nSPS) is 12.2. The van der Waals surface area contributed by atoms with E-state index in [0.29, 0.717) is 0 Å². The maximum absolute atomic E-state index is 11.5. The predicted octanol–water partition coefficient (Wildman–Crippen LogP) is 2.04. The zero-order chi connectivity index (χ0) is 14.4. The molecule has 0 aromatic carbocycles. The number of aryl methyl sites for hydroxylation is 1. The van der Waals surface area contributed by atoms with Crippen LogP contribution < -0.4 is 5.32 Å². The van der Waals surface area contributed by atoms with E-state index in [9.17, 15) is 9.59 Å². The maximum Gasteiger partial charge on any atom is 0.408 e. The molecule has 0 aliphatic heterocycles. The van der Waals surface area contributed by atoms with Crippen LogP contribution in [0.5, 0.6) is 0 Å². The van der Waals surface area contributed by atoms with E-state index < -0.39 is 18.1 Å². The number of rotatable bonds is 6. The highest BCUT2D eigenvalue weighted by Gasteiger charge is 2.24. The van der Waals surface area contributed by atoms with Crippen molar-refractivity contribution in [3.8, 4) is 0 Å². The lowest BCUT2D eigenvalue weighted by molar-refractivity contribution is -0.140. The summed E-state index contributed by atoms with van der Waals surface area (Å²) in [6, 6.07) is -0.944. The van der Waals surface area contributed by atoms with Crippen molar-refractivity contribution in [2.75, 3.05) is 0 Å². The average Bonchev–Trinajstić information content (AvgIpc) is 2.80. The quantitative estimate of drug-likeness (QED) is 0.835. The molecular weight excluding hydrogens is 268 g/mol. The van der Waals surface area contributed by atoms with Crippen molar-refractivity contribution in [3.05, 3.63) is 16.1 Å².